The van der Waals surface area contributed by atoms with Crippen molar-refractivity contribution in [2.24, 2.45) is 4.99 Å². The zero-order valence-electron chi connectivity index (χ0n) is 9.59. The van der Waals surface area contributed by atoms with E-state index in [4.69, 9.17) is 0 Å². The molecule has 1 aromatic heterocycles. The molecule has 2 aromatic rings. The zero-order chi connectivity index (χ0) is 12.4. The molecule has 0 atom stereocenters. The highest BCUT2D eigenvalue weighted by atomic mass is 32.2. The van der Waals surface area contributed by atoms with Gasteiger partial charge in [0, 0.05) is 17.3 Å². The molecule has 1 aliphatic heterocycles. The molecule has 4 nitrogen and oxygen atoms in total. The predicted octanol–water partition coefficient (Wildman–Crippen LogP) is 2.07. The molecule has 1 N–H and O–H groups in total. The maximum atomic E-state index is 12.0. The van der Waals surface area contributed by atoms with Crippen LogP contribution >= 0.6 is 11.8 Å². The van der Waals surface area contributed by atoms with E-state index in [-0.39, 0.29) is 5.91 Å². The van der Waals surface area contributed by atoms with Crippen molar-refractivity contribution in [3.63, 3.8) is 0 Å². The summed E-state index contributed by atoms with van der Waals surface area (Å²) in [7, 11) is 0. The summed E-state index contributed by atoms with van der Waals surface area (Å²) >= 11 is 1.57. The van der Waals surface area contributed by atoms with Crippen molar-refractivity contribution < 1.29 is 4.79 Å². The number of fused-ring (bicyclic) bond motifs is 1. The van der Waals surface area contributed by atoms with E-state index in [1.165, 1.54) is 0 Å². The number of nitrogens with zero attached hydrogens (tertiary/aromatic N) is 2. The highest BCUT2D eigenvalue weighted by Gasteiger charge is 2.13. The fraction of sp³-hybridized carbons (Fsp3) is 0.154. The molecule has 0 bridgehead atoms. The number of aromatic nitrogens is 1. The Labute approximate surface area is 109 Å². The summed E-state index contributed by atoms with van der Waals surface area (Å²) < 4.78 is 0. The molecule has 0 aliphatic carbocycles. The van der Waals surface area contributed by atoms with Crippen LogP contribution in [0.4, 0.5) is 0 Å². The van der Waals surface area contributed by atoms with Gasteiger partial charge < -0.3 is 5.32 Å². The molecule has 0 fully saturated rings. The summed E-state index contributed by atoms with van der Waals surface area (Å²) in [5.74, 6) is 0.785. The smallest absolute Gasteiger partial charge is 0.258 e. The molecule has 0 spiro atoms. The number of hydrogen-bond acceptors (Lipinski definition) is 4. The van der Waals surface area contributed by atoms with Crippen molar-refractivity contribution in [1.29, 1.82) is 0 Å². The zero-order valence-corrected chi connectivity index (χ0v) is 10.4. The third kappa shape index (κ3) is 2.22. The van der Waals surface area contributed by atoms with Gasteiger partial charge in [-0.1, -0.05) is 30.0 Å². The minimum absolute atomic E-state index is 0.151. The van der Waals surface area contributed by atoms with Crippen LogP contribution in [0.3, 0.4) is 0 Å². The number of aliphatic imine (C=N–C) groups is 1. The summed E-state index contributed by atoms with van der Waals surface area (Å²) in [5.41, 5.74) is 1.45. The van der Waals surface area contributed by atoms with Crippen molar-refractivity contribution >= 4 is 33.7 Å². The van der Waals surface area contributed by atoms with Crippen LogP contribution in [0.2, 0.25) is 0 Å². The third-order valence-corrected chi connectivity index (χ3v) is 3.55. The number of amides is 1. The first-order valence-electron chi connectivity index (χ1n) is 5.66. The summed E-state index contributed by atoms with van der Waals surface area (Å²) in [6.07, 6.45) is 1.60. The number of carbonyl (C=O) groups excluding carboxylic acids is 1. The Bertz CT molecular complexity index is 639. The number of thioether (sulfide) groups is 1. The molecule has 18 heavy (non-hydrogen) atoms. The van der Waals surface area contributed by atoms with E-state index >= 15 is 0 Å². The average Bonchev–Trinajstić information content (AvgIpc) is 2.91. The fourth-order valence-corrected chi connectivity index (χ4v) is 2.50. The van der Waals surface area contributed by atoms with E-state index in [0.29, 0.717) is 10.7 Å². The van der Waals surface area contributed by atoms with E-state index in [9.17, 15) is 4.79 Å². The predicted molar refractivity (Wildman–Crippen MR) is 74.0 cm³/mol. The van der Waals surface area contributed by atoms with Gasteiger partial charge in [0.1, 0.15) is 0 Å². The van der Waals surface area contributed by atoms with Gasteiger partial charge in [-0.05, 0) is 12.1 Å². The van der Waals surface area contributed by atoms with Crippen LogP contribution in [-0.2, 0) is 0 Å². The molecule has 0 radical (unpaired) electrons. The van der Waals surface area contributed by atoms with Crippen molar-refractivity contribution in [1.82, 2.24) is 10.3 Å². The largest absolute Gasteiger partial charge is 0.301 e. The molecular formula is C13H11N3OS. The summed E-state index contributed by atoms with van der Waals surface area (Å²) in [6, 6.07) is 9.58. The van der Waals surface area contributed by atoms with Crippen molar-refractivity contribution in [3.8, 4) is 0 Å². The number of benzene rings is 1. The lowest BCUT2D eigenvalue weighted by atomic mass is 10.1. The Hall–Kier alpha value is -1.88. The molecule has 2 heterocycles. The van der Waals surface area contributed by atoms with Crippen LogP contribution in [0.5, 0.6) is 0 Å². The number of amidine groups is 1. The third-order valence-electron chi connectivity index (χ3n) is 2.66. The Balaban J connectivity index is 1.87. The monoisotopic (exact) mass is 257 g/mol. The number of carbonyl (C=O) groups is 1. The first-order chi connectivity index (χ1) is 8.83. The molecule has 1 amide bonds. The van der Waals surface area contributed by atoms with E-state index < -0.39 is 0 Å². The van der Waals surface area contributed by atoms with E-state index in [1.54, 1.807) is 18.0 Å². The van der Waals surface area contributed by atoms with Crippen LogP contribution in [-0.4, -0.2) is 28.4 Å². The van der Waals surface area contributed by atoms with E-state index in [1.807, 2.05) is 30.3 Å². The number of hydrogen-bond donors (Lipinski definition) is 1. The van der Waals surface area contributed by atoms with Gasteiger partial charge in [0.2, 0.25) is 0 Å². The number of para-hydroxylation sites is 1. The van der Waals surface area contributed by atoms with Crippen molar-refractivity contribution in [2.45, 2.75) is 0 Å². The van der Waals surface area contributed by atoms with E-state index in [0.717, 1.165) is 23.2 Å². The van der Waals surface area contributed by atoms with E-state index in [2.05, 4.69) is 15.3 Å². The Morgan fingerprint density at radius 2 is 2.22 bits per heavy atom. The van der Waals surface area contributed by atoms with Crippen LogP contribution in [0.1, 0.15) is 10.4 Å². The second-order valence-corrected chi connectivity index (χ2v) is 4.99. The Morgan fingerprint density at radius 1 is 1.33 bits per heavy atom. The normalized spacial score (nSPS) is 14.6. The van der Waals surface area contributed by atoms with Crippen LogP contribution in [0.15, 0.2) is 41.5 Å². The molecular weight excluding hydrogens is 246 g/mol. The second kappa shape index (κ2) is 4.78. The SMILES string of the molecule is O=C(NC1=NCCS1)c1cnc2ccccc2c1. The minimum Gasteiger partial charge on any atom is -0.301 e. The van der Waals surface area contributed by atoms with Crippen LogP contribution in [0.25, 0.3) is 10.9 Å². The van der Waals surface area contributed by atoms with Gasteiger partial charge in [0.15, 0.2) is 5.17 Å². The van der Waals surface area contributed by atoms with Crippen molar-refractivity contribution in [2.75, 3.05) is 12.3 Å². The first kappa shape index (κ1) is 11.2. The minimum atomic E-state index is -0.151. The Kier molecular flexibility index (Phi) is 2.98. The summed E-state index contributed by atoms with van der Waals surface area (Å²) in [4.78, 5) is 20.5. The van der Waals surface area contributed by atoms with Gasteiger partial charge >= 0.3 is 0 Å². The molecule has 0 saturated heterocycles. The highest BCUT2D eigenvalue weighted by Crippen LogP contribution is 2.14. The van der Waals surface area contributed by atoms with Crippen LogP contribution < -0.4 is 5.32 Å². The highest BCUT2D eigenvalue weighted by molar-refractivity contribution is 8.14. The maximum absolute atomic E-state index is 12.0. The topological polar surface area (TPSA) is 54.4 Å². The maximum Gasteiger partial charge on any atom is 0.258 e. The molecule has 0 unspecified atom stereocenters. The molecule has 0 saturated carbocycles. The lowest BCUT2D eigenvalue weighted by Crippen LogP contribution is -2.27. The number of rotatable bonds is 1. The molecule has 3 rings (SSSR count). The van der Waals surface area contributed by atoms with Crippen molar-refractivity contribution in [3.05, 3.63) is 42.1 Å². The summed E-state index contributed by atoms with van der Waals surface area (Å²) in [6.45, 7) is 0.774. The molecule has 90 valence electrons. The van der Waals surface area contributed by atoms with Gasteiger partial charge in [0.25, 0.3) is 5.91 Å². The average molecular weight is 257 g/mol. The van der Waals surface area contributed by atoms with Gasteiger partial charge in [-0.3, -0.25) is 14.8 Å². The summed E-state index contributed by atoms with van der Waals surface area (Å²) in [5, 5.41) is 4.46. The van der Waals surface area contributed by atoms with Crippen LogP contribution in [0, 0.1) is 0 Å². The quantitative estimate of drug-likeness (QED) is 0.851. The number of nitrogens with one attached hydrogen (secondary N) is 1. The van der Waals surface area contributed by atoms with Gasteiger partial charge in [-0.2, -0.15) is 0 Å². The van der Waals surface area contributed by atoms with Gasteiger partial charge in [-0.15, -0.1) is 0 Å². The Morgan fingerprint density at radius 3 is 3.06 bits per heavy atom. The van der Waals surface area contributed by atoms with Gasteiger partial charge in [0.05, 0.1) is 17.6 Å². The lowest BCUT2D eigenvalue weighted by Gasteiger charge is -2.04. The molecule has 1 aliphatic rings. The fourth-order valence-electron chi connectivity index (χ4n) is 1.78. The molecule has 5 heteroatoms. The second-order valence-electron chi connectivity index (χ2n) is 3.91. The number of pyridine rings is 1. The molecule has 1 aromatic carbocycles. The standard InChI is InChI=1S/C13H11N3OS/c17-12(16-13-14-5-6-18-13)10-7-9-3-1-2-4-11(9)15-8-10/h1-4,7-8H,5-6H2,(H,14,16,17). The first-order valence-corrected chi connectivity index (χ1v) is 6.65. The van der Waals surface area contributed by atoms with Gasteiger partial charge in [-0.25, -0.2) is 0 Å². The lowest BCUT2D eigenvalue weighted by molar-refractivity contribution is 0.0978.